The molecule has 16 heavy (non-hydrogen) atoms. The molecule has 3 heteroatoms. The van der Waals surface area contributed by atoms with E-state index in [1.165, 1.54) is 12.1 Å². The molecular weight excluding hydrogens is 217 g/mol. The lowest BCUT2D eigenvalue weighted by Crippen LogP contribution is -2.29. The van der Waals surface area contributed by atoms with Crippen molar-refractivity contribution in [2.75, 3.05) is 6.54 Å². The molecule has 0 saturated carbocycles. The van der Waals surface area contributed by atoms with Crippen molar-refractivity contribution in [1.82, 2.24) is 0 Å². The van der Waals surface area contributed by atoms with Gasteiger partial charge >= 0.3 is 0 Å². The fourth-order valence-corrected chi connectivity index (χ4v) is 4.15. The van der Waals surface area contributed by atoms with E-state index in [0.29, 0.717) is 12.5 Å². The number of hydrogen-bond donors (Lipinski definition) is 1. The Hall–Kier alpha value is -0.673. The maximum atomic E-state index is 13.0. The van der Waals surface area contributed by atoms with Crippen molar-refractivity contribution in [3.8, 4) is 0 Å². The van der Waals surface area contributed by atoms with Crippen LogP contribution in [0.15, 0.2) is 24.3 Å². The van der Waals surface area contributed by atoms with Crippen LogP contribution < -0.4 is 5.73 Å². The highest BCUT2D eigenvalue weighted by atomic mass is 28.3. The van der Waals surface area contributed by atoms with Crippen LogP contribution in [0.3, 0.4) is 0 Å². The molecule has 90 valence electrons. The van der Waals surface area contributed by atoms with E-state index in [4.69, 9.17) is 5.73 Å². The zero-order chi connectivity index (χ0) is 12.2. The quantitative estimate of drug-likeness (QED) is 0.784. The minimum atomic E-state index is -1.08. The van der Waals surface area contributed by atoms with E-state index in [0.717, 1.165) is 12.0 Å². The number of hydrogen-bond acceptors (Lipinski definition) is 1. The van der Waals surface area contributed by atoms with Gasteiger partial charge in [0, 0.05) is 8.07 Å². The predicted molar refractivity (Wildman–Crippen MR) is 70.8 cm³/mol. The second-order valence-electron chi connectivity index (χ2n) is 5.70. The first-order valence-corrected chi connectivity index (χ1v) is 9.56. The predicted octanol–water partition coefficient (Wildman–Crippen LogP) is 3.28. The summed E-state index contributed by atoms with van der Waals surface area (Å²) in [6.07, 6.45) is 0.901. The maximum absolute atomic E-state index is 13.0. The van der Waals surface area contributed by atoms with E-state index in [2.05, 4.69) is 19.6 Å². The highest BCUT2D eigenvalue weighted by Gasteiger charge is 2.19. The molecule has 1 atom stereocenters. The van der Waals surface area contributed by atoms with E-state index in [9.17, 15) is 4.39 Å². The molecule has 0 spiro atoms. The Morgan fingerprint density at radius 2 is 2.00 bits per heavy atom. The molecule has 2 N–H and O–H groups in total. The average Bonchev–Trinajstić information content (AvgIpc) is 2.14. The van der Waals surface area contributed by atoms with Crippen LogP contribution in [0, 0.1) is 11.7 Å². The van der Waals surface area contributed by atoms with Gasteiger partial charge in [0.25, 0.3) is 0 Å². The molecule has 1 nitrogen and oxygen atoms in total. The third-order valence-corrected chi connectivity index (χ3v) is 4.45. The summed E-state index contributed by atoms with van der Waals surface area (Å²) in [5.41, 5.74) is 6.86. The van der Waals surface area contributed by atoms with Gasteiger partial charge in [-0.1, -0.05) is 37.8 Å². The Balaban J connectivity index is 2.63. The summed E-state index contributed by atoms with van der Waals surface area (Å²) in [6, 6.07) is 8.06. The van der Waals surface area contributed by atoms with Crippen LogP contribution in [0.4, 0.5) is 4.39 Å². The Labute approximate surface area is 98.9 Å². The van der Waals surface area contributed by atoms with Crippen LogP contribution in [0.25, 0.3) is 0 Å². The van der Waals surface area contributed by atoms with Crippen LogP contribution >= 0.6 is 0 Å². The van der Waals surface area contributed by atoms with Gasteiger partial charge in [0.05, 0.1) is 0 Å². The van der Waals surface area contributed by atoms with Crippen LogP contribution in [0.1, 0.15) is 5.56 Å². The highest BCUT2D eigenvalue weighted by molar-refractivity contribution is 6.76. The average molecular weight is 239 g/mol. The lowest BCUT2D eigenvalue weighted by atomic mass is 10.0. The summed E-state index contributed by atoms with van der Waals surface area (Å²) < 4.78 is 13.0. The summed E-state index contributed by atoms with van der Waals surface area (Å²) in [5.74, 6) is 0.342. The van der Waals surface area contributed by atoms with Gasteiger partial charge in [0.15, 0.2) is 0 Å². The third kappa shape index (κ3) is 4.90. The van der Waals surface area contributed by atoms with Gasteiger partial charge in [0.2, 0.25) is 0 Å². The SMILES string of the molecule is C[Si](C)(C)CC(CN)Cc1cccc(F)c1. The van der Waals surface area contributed by atoms with Crippen LogP contribution in [0.5, 0.6) is 0 Å². The van der Waals surface area contributed by atoms with Crippen molar-refractivity contribution in [2.45, 2.75) is 32.1 Å². The zero-order valence-corrected chi connectivity index (χ0v) is 11.5. The minimum absolute atomic E-state index is 0.152. The first-order chi connectivity index (χ1) is 7.40. The summed E-state index contributed by atoms with van der Waals surface area (Å²) in [4.78, 5) is 0. The van der Waals surface area contributed by atoms with E-state index in [-0.39, 0.29) is 5.82 Å². The molecule has 1 aromatic carbocycles. The largest absolute Gasteiger partial charge is 0.330 e. The molecule has 0 aliphatic carbocycles. The van der Waals surface area contributed by atoms with Gasteiger partial charge in [-0.3, -0.25) is 0 Å². The lowest BCUT2D eigenvalue weighted by Gasteiger charge is -2.23. The van der Waals surface area contributed by atoms with Gasteiger partial charge in [-0.15, -0.1) is 0 Å². The normalized spacial score (nSPS) is 13.8. The van der Waals surface area contributed by atoms with E-state index in [1.807, 2.05) is 6.07 Å². The number of rotatable bonds is 5. The fraction of sp³-hybridized carbons (Fsp3) is 0.538. The Kier molecular flexibility index (Phi) is 4.68. The molecule has 1 rings (SSSR count). The highest BCUT2D eigenvalue weighted by Crippen LogP contribution is 2.20. The molecule has 1 unspecified atom stereocenters. The number of halogens is 1. The van der Waals surface area contributed by atoms with Gasteiger partial charge in [0.1, 0.15) is 5.82 Å². The molecule has 1 aromatic rings. The molecular formula is C13H22FNSi. The van der Waals surface area contributed by atoms with Crippen LogP contribution in [-0.4, -0.2) is 14.6 Å². The summed E-state index contributed by atoms with van der Waals surface area (Å²) in [6.45, 7) is 7.74. The van der Waals surface area contributed by atoms with E-state index in [1.54, 1.807) is 12.1 Å². The molecule has 0 aliphatic heterocycles. The summed E-state index contributed by atoms with van der Waals surface area (Å²) >= 11 is 0. The monoisotopic (exact) mass is 239 g/mol. The van der Waals surface area contributed by atoms with Crippen LogP contribution in [0.2, 0.25) is 25.7 Å². The third-order valence-electron chi connectivity index (χ3n) is 2.65. The number of nitrogens with two attached hydrogens (primary N) is 1. The number of benzene rings is 1. The topological polar surface area (TPSA) is 26.0 Å². The lowest BCUT2D eigenvalue weighted by molar-refractivity contribution is 0.577. The fourth-order valence-electron chi connectivity index (χ4n) is 2.10. The van der Waals surface area contributed by atoms with Gasteiger partial charge in [-0.05, 0) is 36.6 Å². The first kappa shape index (κ1) is 13.4. The molecule has 0 amide bonds. The van der Waals surface area contributed by atoms with Gasteiger partial charge in [-0.2, -0.15) is 0 Å². The minimum Gasteiger partial charge on any atom is -0.330 e. The van der Waals surface area contributed by atoms with Crippen molar-refractivity contribution >= 4 is 8.07 Å². The van der Waals surface area contributed by atoms with Crippen molar-refractivity contribution in [3.63, 3.8) is 0 Å². The Bertz CT molecular complexity index is 333. The molecule has 0 radical (unpaired) electrons. The molecule has 0 fully saturated rings. The Morgan fingerprint density at radius 1 is 1.31 bits per heavy atom. The molecule has 0 aromatic heterocycles. The second kappa shape index (κ2) is 5.59. The van der Waals surface area contributed by atoms with Crippen molar-refractivity contribution in [2.24, 2.45) is 11.7 Å². The van der Waals surface area contributed by atoms with Crippen molar-refractivity contribution < 1.29 is 4.39 Å². The van der Waals surface area contributed by atoms with Crippen molar-refractivity contribution in [3.05, 3.63) is 35.6 Å². The molecule has 0 saturated heterocycles. The van der Waals surface area contributed by atoms with Crippen LogP contribution in [-0.2, 0) is 6.42 Å². The van der Waals surface area contributed by atoms with Gasteiger partial charge in [-0.25, -0.2) is 4.39 Å². The Morgan fingerprint density at radius 3 is 2.50 bits per heavy atom. The second-order valence-corrected chi connectivity index (χ2v) is 11.2. The maximum Gasteiger partial charge on any atom is 0.123 e. The smallest absolute Gasteiger partial charge is 0.123 e. The molecule has 0 aliphatic rings. The molecule has 0 bridgehead atoms. The van der Waals surface area contributed by atoms with Gasteiger partial charge < -0.3 is 5.73 Å². The van der Waals surface area contributed by atoms with E-state index < -0.39 is 8.07 Å². The summed E-state index contributed by atoms with van der Waals surface area (Å²) in [7, 11) is -1.08. The zero-order valence-electron chi connectivity index (χ0n) is 10.5. The standard InChI is InChI=1S/C13H22FNSi/c1-16(2,3)10-12(9-15)7-11-5-4-6-13(14)8-11/h4-6,8,12H,7,9-10,15H2,1-3H3. The summed E-state index contributed by atoms with van der Waals surface area (Å²) in [5, 5.41) is 0. The van der Waals surface area contributed by atoms with E-state index >= 15 is 0 Å². The molecule has 0 heterocycles. The first-order valence-electron chi connectivity index (χ1n) is 5.85. The van der Waals surface area contributed by atoms with Crippen molar-refractivity contribution in [1.29, 1.82) is 0 Å².